The second-order valence-electron chi connectivity index (χ2n) is 7.79. The van der Waals surface area contributed by atoms with E-state index in [1.54, 1.807) is 18.2 Å². The van der Waals surface area contributed by atoms with Crippen LogP contribution in [0, 0.1) is 16.7 Å². The Morgan fingerprint density at radius 1 is 1.00 bits per heavy atom. The molecule has 5 nitrogen and oxygen atoms in total. The Balaban J connectivity index is 2.64. The second-order valence-corrected chi connectivity index (χ2v) is 11.0. The van der Waals surface area contributed by atoms with Crippen molar-refractivity contribution in [1.29, 1.82) is 5.26 Å². The molecule has 0 saturated heterocycles. The number of anilines is 1. The first-order valence-corrected chi connectivity index (χ1v) is 11.6. The molecule has 0 heterocycles. The average molecular weight is 487 g/mol. The SMILES string of the molecule is CC(N/C(Nc1cc(Cl)cc(Cl)c1)=C(/C#N)S(=O)(=O)c1ccc(Cl)cc1)C(C)(C)C. The highest BCUT2D eigenvalue weighted by molar-refractivity contribution is 7.95. The van der Waals surface area contributed by atoms with E-state index < -0.39 is 14.7 Å². The Morgan fingerprint density at radius 3 is 2.00 bits per heavy atom. The van der Waals surface area contributed by atoms with E-state index in [-0.39, 0.29) is 22.2 Å². The lowest BCUT2D eigenvalue weighted by molar-refractivity contribution is 0.303. The van der Waals surface area contributed by atoms with E-state index in [1.807, 2.05) is 33.8 Å². The molecule has 1 unspecified atom stereocenters. The van der Waals surface area contributed by atoms with Crippen molar-refractivity contribution in [2.24, 2.45) is 5.41 Å². The minimum Gasteiger partial charge on any atom is -0.367 e. The van der Waals surface area contributed by atoms with Crippen LogP contribution in [0.3, 0.4) is 0 Å². The van der Waals surface area contributed by atoms with Crippen molar-refractivity contribution in [1.82, 2.24) is 5.32 Å². The summed E-state index contributed by atoms with van der Waals surface area (Å²) >= 11 is 18.0. The normalized spacial score (nSPS) is 13.8. The largest absolute Gasteiger partial charge is 0.367 e. The third kappa shape index (κ3) is 6.05. The van der Waals surface area contributed by atoms with Gasteiger partial charge in [0.05, 0.1) is 4.90 Å². The van der Waals surface area contributed by atoms with Crippen LogP contribution in [0.4, 0.5) is 5.69 Å². The summed E-state index contributed by atoms with van der Waals surface area (Å²) in [5, 5.41) is 17.0. The predicted molar refractivity (Wildman–Crippen MR) is 123 cm³/mol. The molecule has 0 bridgehead atoms. The van der Waals surface area contributed by atoms with Crippen LogP contribution in [-0.2, 0) is 9.84 Å². The summed E-state index contributed by atoms with van der Waals surface area (Å²) in [6.07, 6.45) is 0. The van der Waals surface area contributed by atoms with Gasteiger partial charge in [0.1, 0.15) is 11.9 Å². The van der Waals surface area contributed by atoms with Gasteiger partial charge in [0.25, 0.3) is 0 Å². The van der Waals surface area contributed by atoms with E-state index in [4.69, 9.17) is 34.8 Å². The van der Waals surface area contributed by atoms with Crippen molar-refractivity contribution in [3.8, 4) is 6.07 Å². The Labute approximate surface area is 192 Å². The fraction of sp³-hybridized carbons (Fsp3) is 0.286. The summed E-state index contributed by atoms with van der Waals surface area (Å²) in [5.74, 6) is 0.0354. The molecule has 0 saturated carbocycles. The molecule has 0 aliphatic rings. The standard InChI is InChI=1S/C21H22Cl3N3O2S/c1-13(21(2,3)4)26-20(27-17-10-15(23)9-16(24)11-17)19(12-25)30(28,29)18-7-5-14(22)6-8-18/h5-11,13,26-27H,1-4H3/b20-19+. The summed E-state index contributed by atoms with van der Waals surface area (Å²) < 4.78 is 26.4. The number of hydrogen-bond acceptors (Lipinski definition) is 5. The number of sulfone groups is 1. The molecule has 2 N–H and O–H groups in total. The van der Waals surface area contributed by atoms with Crippen LogP contribution in [-0.4, -0.2) is 14.5 Å². The summed E-state index contributed by atoms with van der Waals surface area (Å²) in [6.45, 7) is 7.89. The minimum absolute atomic E-state index is 0.0354. The van der Waals surface area contributed by atoms with Gasteiger partial charge in [0.2, 0.25) is 9.84 Å². The van der Waals surface area contributed by atoms with Gasteiger partial charge in [-0.15, -0.1) is 0 Å². The molecule has 0 fully saturated rings. The molecule has 0 aliphatic carbocycles. The first-order chi connectivity index (χ1) is 13.8. The average Bonchev–Trinajstić information content (AvgIpc) is 2.60. The van der Waals surface area contributed by atoms with Crippen molar-refractivity contribution in [2.45, 2.75) is 38.6 Å². The molecule has 30 heavy (non-hydrogen) atoms. The van der Waals surface area contributed by atoms with Crippen molar-refractivity contribution < 1.29 is 8.42 Å². The van der Waals surface area contributed by atoms with Crippen LogP contribution >= 0.6 is 34.8 Å². The first-order valence-electron chi connectivity index (χ1n) is 8.99. The highest BCUT2D eigenvalue weighted by Gasteiger charge is 2.28. The van der Waals surface area contributed by atoms with Gasteiger partial charge in [0, 0.05) is 26.8 Å². The Bertz CT molecular complexity index is 1080. The van der Waals surface area contributed by atoms with E-state index in [2.05, 4.69) is 10.6 Å². The van der Waals surface area contributed by atoms with Gasteiger partial charge in [-0.2, -0.15) is 5.26 Å². The van der Waals surface area contributed by atoms with E-state index >= 15 is 0 Å². The molecule has 2 rings (SSSR count). The molecule has 2 aromatic rings. The zero-order chi connectivity index (χ0) is 22.7. The zero-order valence-corrected chi connectivity index (χ0v) is 20.0. The molecular formula is C21H22Cl3N3O2S. The van der Waals surface area contributed by atoms with E-state index in [9.17, 15) is 13.7 Å². The van der Waals surface area contributed by atoms with E-state index in [1.165, 1.54) is 24.3 Å². The molecule has 0 radical (unpaired) electrons. The van der Waals surface area contributed by atoms with Gasteiger partial charge >= 0.3 is 0 Å². The Kier molecular flexibility index (Phi) is 7.70. The highest BCUT2D eigenvalue weighted by Crippen LogP contribution is 2.28. The number of nitrogens with zero attached hydrogens (tertiary/aromatic N) is 1. The molecule has 0 spiro atoms. The minimum atomic E-state index is -4.13. The number of benzene rings is 2. The van der Waals surface area contributed by atoms with Gasteiger partial charge in [-0.05, 0) is 54.8 Å². The summed E-state index contributed by atoms with van der Waals surface area (Å²) in [4.78, 5) is -0.505. The molecule has 9 heteroatoms. The first kappa shape index (κ1) is 24.4. The van der Waals surface area contributed by atoms with Crippen LogP contribution in [0.25, 0.3) is 0 Å². The Morgan fingerprint density at radius 2 is 1.53 bits per heavy atom. The lowest BCUT2D eigenvalue weighted by Crippen LogP contribution is -2.40. The monoisotopic (exact) mass is 485 g/mol. The topological polar surface area (TPSA) is 82.0 Å². The van der Waals surface area contributed by atoms with Crippen LogP contribution in [0.2, 0.25) is 15.1 Å². The van der Waals surface area contributed by atoms with Gasteiger partial charge < -0.3 is 10.6 Å². The van der Waals surface area contributed by atoms with Crippen molar-refractivity contribution >= 4 is 50.3 Å². The lowest BCUT2D eigenvalue weighted by Gasteiger charge is -2.30. The number of hydrogen-bond donors (Lipinski definition) is 2. The quantitative estimate of drug-likeness (QED) is 0.472. The molecule has 160 valence electrons. The molecule has 0 amide bonds. The lowest BCUT2D eigenvalue weighted by atomic mass is 9.88. The smallest absolute Gasteiger partial charge is 0.220 e. The second kappa shape index (κ2) is 9.49. The predicted octanol–water partition coefficient (Wildman–Crippen LogP) is 6.25. The van der Waals surface area contributed by atoms with Gasteiger partial charge in [-0.25, -0.2) is 8.42 Å². The van der Waals surface area contributed by atoms with Crippen LogP contribution in [0.1, 0.15) is 27.7 Å². The molecular weight excluding hydrogens is 465 g/mol. The molecule has 2 aromatic carbocycles. The fourth-order valence-corrected chi connectivity index (χ4v) is 4.22. The molecule has 0 aliphatic heterocycles. The maximum Gasteiger partial charge on any atom is 0.220 e. The maximum atomic E-state index is 13.2. The van der Waals surface area contributed by atoms with Gasteiger partial charge in [-0.1, -0.05) is 55.6 Å². The summed E-state index contributed by atoms with van der Waals surface area (Å²) in [5.41, 5.74) is 0.221. The maximum absolute atomic E-state index is 13.2. The van der Waals surface area contributed by atoms with E-state index in [0.717, 1.165) is 0 Å². The number of nitrogens with one attached hydrogen (secondary N) is 2. The van der Waals surface area contributed by atoms with Crippen molar-refractivity contribution in [3.05, 3.63) is 68.3 Å². The van der Waals surface area contributed by atoms with Crippen molar-refractivity contribution in [2.75, 3.05) is 5.32 Å². The van der Waals surface area contributed by atoms with Gasteiger partial charge in [-0.3, -0.25) is 0 Å². The van der Waals surface area contributed by atoms with Crippen LogP contribution in [0.5, 0.6) is 0 Å². The molecule has 0 aromatic heterocycles. The number of rotatable bonds is 6. The number of nitriles is 1. The number of allylic oxidation sites excluding steroid dienone is 1. The van der Waals surface area contributed by atoms with Gasteiger partial charge in [0.15, 0.2) is 4.91 Å². The molecule has 1 atom stereocenters. The summed E-state index contributed by atoms with van der Waals surface area (Å²) in [7, 11) is -4.13. The zero-order valence-electron chi connectivity index (χ0n) is 16.9. The van der Waals surface area contributed by atoms with Crippen LogP contribution in [0.15, 0.2) is 58.1 Å². The van der Waals surface area contributed by atoms with Crippen molar-refractivity contribution in [3.63, 3.8) is 0 Å². The third-order valence-corrected chi connectivity index (χ3v) is 6.93. The van der Waals surface area contributed by atoms with E-state index in [0.29, 0.717) is 20.8 Å². The number of halogens is 3. The fourth-order valence-electron chi connectivity index (χ4n) is 2.34. The summed E-state index contributed by atoms with van der Waals surface area (Å²) in [6, 6.07) is 12.0. The highest BCUT2D eigenvalue weighted by atomic mass is 35.5. The Hall–Kier alpha value is -1.91. The van der Waals surface area contributed by atoms with Crippen LogP contribution < -0.4 is 10.6 Å². The third-order valence-electron chi connectivity index (χ3n) is 4.51.